The Bertz CT molecular complexity index is 615. The molecular weight excluding hydrogens is 394 g/mol. The number of halogens is 8. The van der Waals surface area contributed by atoms with Gasteiger partial charge in [-0.3, -0.25) is 0 Å². The molecule has 0 radical (unpaired) electrons. The van der Waals surface area contributed by atoms with Crippen LogP contribution in [-0.2, 0) is 0 Å². The molecule has 0 aliphatic carbocycles. The van der Waals surface area contributed by atoms with E-state index < -0.39 is 43.9 Å². The monoisotopic (exact) mass is 396 g/mol. The number of nitrogens with zero attached hydrogens (tertiary/aromatic N) is 2. The van der Waals surface area contributed by atoms with E-state index in [0.29, 0.717) is 0 Å². The van der Waals surface area contributed by atoms with Crippen molar-refractivity contribution in [3.05, 3.63) is 43.9 Å². The molecule has 0 bridgehead atoms. The average molecular weight is 398 g/mol. The predicted octanol–water partition coefficient (Wildman–Crippen LogP) is 4.50. The summed E-state index contributed by atoms with van der Waals surface area (Å²) in [4.78, 5) is 5.51. The van der Waals surface area contributed by atoms with Gasteiger partial charge in [-0.15, -0.1) is 0 Å². The quantitative estimate of drug-likeness (QED) is 0.506. The van der Waals surface area contributed by atoms with Crippen molar-refractivity contribution in [2.24, 2.45) is 0 Å². The van der Waals surface area contributed by atoms with Crippen LogP contribution in [0.15, 0.2) is 0 Å². The van der Waals surface area contributed by atoms with Crippen molar-refractivity contribution in [3.63, 3.8) is 0 Å². The normalized spacial score (nSPS) is 10.2. The molecule has 0 saturated carbocycles. The Morgan fingerprint density at radius 2 is 0.727 bits per heavy atom. The van der Waals surface area contributed by atoms with Gasteiger partial charge in [-0.25, -0.2) is 0 Å². The fourth-order valence-corrected chi connectivity index (χ4v) is 1.65. The maximum atomic E-state index is 12.4. The van der Waals surface area contributed by atoms with Crippen LogP contribution in [-0.4, -0.2) is 9.97 Å². The predicted molar refractivity (Wildman–Crippen MR) is 77.2 cm³/mol. The second-order valence-corrected chi connectivity index (χ2v) is 4.98. The number of rotatable bonds is 0. The Morgan fingerprint density at radius 3 is 0.909 bits per heavy atom. The van der Waals surface area contributed by atoms with Crippen LogP contribution < -0.4 is 11.5 Å². The second kappa shape index (κ2) is 7.36. The smallest absolute Gasteiger partial charge is 0.236 e. The van der Waals surface area contributed by atoms with E-state index in [1.165, 1.54) is 0 Å². The molecule has 22 heavy (non-hydrogen) atoms. The first kappa shape index (κ1) is 18.8. The van der Waals surface area contributed by atoms with Crippen LogP contribution in [0.5, 0.6) is 0 Å². The molecule has 0 unspecified atom stereocenters. The summed E-state index contributed by atoms with van der Waals surface area (Å²) < 4.78 is 49.6. The summed E-state index contributed by atoms with van der Waals surface area (Å²) in [6.45, 7) is 0. The van der Waals surface area contributed by atoms with E-state index >= 15 is 0 Å². The molecule has 0 spiro atoms. The molecule has 2 aromatic rings. The molecule has 0 fully saturated rings. The van der Waals surface area contributed by atoms with Gasteiger partial charge < -0.3 is 11.5 Å². The zero-order valence-corrected chi connectivity index (χ0v) is 13.1. The molecule has 0 aliphatic heterocycles. The molecule has 4 nitrogen and oxygen atoms in total. The highest BCUT2D eigenvalue weighted by Crippen LogP contribution is 2.30. The van der Waals surface area contributed by atoms with Crippen molar-refractivity contribution >= 4 is 57.8 Å². The maximum absolute atomic E-state index is 12.4. The third-order valence-electron chi connectivity index (χ3n) is 2.06. The minimum absolute atomic E-state index is 0.335. The highest BCUT2D eigenvalue weighted by Gasteiger charge is 2.15. The van der Waals surface area contributed by atoms with Crippen molar-refractivity contribution in [2.75, 3.05) is 11.5 Å². The number of pyridine rings is 2. The van der Waals surface area contributed by atoms with Gasteiger partial charge >= 0.3 is 0 Å². The van der Waals surface area contributed by atoms with Crippen molar-refractivity contribution < 1.29 is 17.6 Å². The molecule has 0 amide bonds. The van der Waals surface area contributed by atoms with E-state index in [2.05, 4.69) is 9.97 Å². The summed E-state index contributed by atoms with van der Waals surface area (Å²) in [5.41, 5.74) is 9.53. The third-order valence-corrected chi connectivity index (χ3v) is 3.50. The van der Waals surface area contributed by atoms with E-state index in [0.717, 1.165) is 0 Å². The fourth-order valence-electron chi connectivity index (χ4n) is 1.01. The lowest BCUT2D eigenvalue weighted by atomic mass is 10.4. The van der Waals surface area contributed by atoms with Gasteiger partial charge in [0.15, 0.2) is 0 Å². The third kappa shape index (κ3) is 3.95. The van der Waals surface area contributed by atoms with Gasteiger partial charge in [-0.2, -0.15) is 27.5 Å². The Hall–Kier alpha value is -1.22. The number of hydrogen-bond acceptors (Lipinski definition) is 4. The molecular formula is C10H4Cl4F4N4. The highest BCUT2D eigenvalue weighted by molar-refractivity contribution is 6.39. The summed E-state index contributed by atoms with van der Waals surface area (Å²) in [5.74, 6) is -4.64. The van der Waals surface area contributed by atoms with Gasteiger partial charge in [0.1, 0.15) is 20.1 Å². The zero-order chi connectivity index (χ0) is 17.2. The summed E-state index contributed by atoms with van der Waals surface area (Å²) in [6, 6.07) is 0. The van der Waals surface area contributed by atoms with Crippen LogP contribution >= 0.6 is 46.4 Å². The van der Waals surface area contributed by atoms with Crippen LogP contribution in [0.2, 0.25) is 20.1 Å². The lowest BCUT2D eigenvalue weighted by Crippen LogP contribution is -1.98. The SMILES string of the molecule is Nc1c(Cl)c(F)nc(F)c1Cl.Nc1c(Cl)c(F)nc(F)c1Cl. The molecule has 120 valence electrons. The molecule has 2 rings (SSSR count). The van der Waals surface area contributed by atoms with E-state index in [4.69, 9.17) is 57.9 Å². The summed E-state index contributed by atoms with van der Waals surface area (Å²) >= 11 is 21.0. The molecule has 4 N–H and O–H groups in total. The molecule has 2 heterocycles. The molecule has 12 heteroatoms. The number of nitrogens with two attached hydrogens (primary N) is 2. The first-order valence-electron chi connectivity index (χ1n) is 4.98. The Balaban J connectivity index is 0.000000220. The summed E-state index contributed by atoms with van der Waals surface area (Å²) in [6.07, 6.45) is 0. The molecule has 0 aromatic carbocycles. The largest absolute Gasteiger partial charge is 0.396 e. The summed E-state index contributed by atoms with van der Waals surface area (Å²) in [7, 11) is 0. The van der Waals surface area contributed by atoms with E-state index in [9.17, 15) is 17.6 Å². The Labute approximate surface area is 140 Å². The van der Waals surface area contributed by atoms with E-state index in [1.54, 1.807) is 0 Å². The first-order chi connectivity index (χ1) is 10.1. The molecule has 0 saturated heterocycles. The van der Waals surface area contributed by atoms with Crippen LogP contribution in [0.4, 0.5) is 28.9 Å². The minimum atomic E-state index is -1.16. The van der Waals surface area contributed by atoms with Crippen LogP contribution in [0, 0.1) is 23.8 Å². The van der Waals surface area contributed by atoms with Gasteiger partial charge in [-0.1, -0.05) is 46.4 Å². The minimum Gasteiger partial charge on any atom is -0.396 e. The molecule has 0 atom stereocenters. The number of aromatic nitrogens is 2. The van der Waals surface area contributed by atoms with Crippen LogP contribution in [0.3, 0.4) is 0 Å². The fraction of sp³-hybridized carbons (Fsp3) is 0. The van der Waals surface area contributed by atoms with Gasteiger partial charge in [0.2, 0.25) is 23.8 Å². The van der Waals surface area contributed by atoms with Gasteiger partial charge in [0, 0.05) is 0 Å². The average Bonchev–Trinajstić information content (AvgIpc) is 2.47. The standard InChI is InChI=1S/2C5H2Cl2F2N2/c2*6-1-3(10)2(7)5(9)11-4(1)8/h2*(H2,10,11). The lowest BCUT2D eigenvalue weighted by molar-refractivity contribution is 0.513. The molecule has 2 aromatic heterocycles. The first-order valence-corrected chi connectivity index (χ1v) is 6.50. The van der Waals surface area contributed by atoms with Crippen molar-refractivity contribution in [2.45, 2.75) is 0 Å². The number of hydrogen-bond donors (Lipinski definition) is 2. The van der Waals surface area contributed by atoms with E-state index in [1.807, 2.05) is 0 Å². The van der Waals surface area contributed by atoms with Gasteiger partial charge in [0.05, 0.1) is 11.4 Å². The van der Waals surface area contributed by atoms with Crippen molar-refractivity contribution in [3.8, 4) is 0 Å². The Kier molecular flexibility index (Phi) is 6.30. The maximum Gasteiger partial charge on any atom is 0.236 e. The number of anilines is 2. The summed E-state index contributed by atoms with van der Waals surface area (Å²) in [5, 5.41) is -1.85. The zero-order valence-electron chi connectivity index (χ0n) is 10.1. The lowest BCUT2D eigenvalue weighted by Gasteiger charge is -2.00. The van der Waals surface area contributed by atoms with Gasteiger partial charge in [0.25, 0.3) is 0 Å². The Morgan fingerprint density at radius 1 is 0.545 bits per heavy atom. The van der Waals surface area contributed by atoms with Crippen LogP contribution in [0.1, 0.15) is 0 Å². The van der Waals surface area contributed by atoms with Crippen molar-refractivity contribution in [1.29, 1.82) is 0 Å². The van der Waals surface area contributed by atoms with E-state index in [-0.39, 0.29) is 11.4 Å². The number of nitrogen functional groups attached to an aromatic ring is 2. The highest BCUT2D eigenvalue weighted by atomic mass is 35.5. The topological polar surface area (TPSA) is 77.8 Å². The van der Waals surface area contributed by atoms with Gasteiger partial charge in [-0.05, 0) is 0 Å². The van der Waals surface area contributed by atoms with Crippen molar-refractivity contribution in [1.82, 2.24) is 9.97 Å². The van der Waals surface area contributed by atoms with Crippen LogP contribution in [0.25, 0.3) is 0 Å². The second-order valence-electron chi connectivity index (χ2n) is 3.47. The molecule has 0 aliphatic rings.